The second-order valence-electron chi connectivity index (χ2n) is 5.89. The summed E-state index contributed by atoms with van der Waals surface area (Å²) in [5.41, 5.74) is -0.463. The molecule has 158 valence electrons. The van der Waals surface area contributed by atoms with Crippen molar-refractivity contribution in [1.82, 2.24) is 10.2 Å². The molecule has 0 saturated carbocycles. The molecule has 12 heteroatoms. The molecule has 0 spiro atoms. The molecule has 0 radical (unpaired) electrons. The van der Waals surface area contributed by atoms with Gasteiger partial charge in [-0.3, -0.25) is 14.5 Å². The molecular weight excluding hydrogens is 467 g/mol. The third-order valence-electron chi connectivity index (χ3n) is 3.64. The van der Waals surface area contributed by atoms with Crippen molar-refractivity contribution in [3.63, 3.8) is 0 Å². The highest BCUT2D eigenvalue weighted by Gasteiger charge is 2.50. The Hall–Kier alpha value is -1.81. The number of halogens is 3. The van der Waals surface area contributed by atoms with Gasteiger partial charge in [0.1, 0.15) is 29.5 Å². The van der Waals surface area contributed by atoms with Gasteiger partial charge in [-0.15, -0.1) is 0 Å². The third-order valence-corrected chi connectivity index (χ3v) is 4.50. The van der Waals surface area contributed by atoms with Gasteiger partial charge in [0.05, 0.1) is 0 Å². The van der Waals surface area contributed by atoms with E-state index in [2.05, 4.69) is 17.9 Å². The minimum Gasteiger partial charge on any atom is -0.510 e. The van der Waals surface area contributed by atoms with Crippen LogP contribution in [-0.4, -0.2) is 56.2 Å². The number of thiol groups is 1. The maximum atomic E-state index is 12.4. The number of esters is 1. The van der Waals surface area contributed by atoms with Crippen LogP contribution >= 0.6 is 47.4 Å². The van der Waals surface area contributed by atoms with E-state index in [1.165, 1.54) is 6.92 Å². The molecule has 2 atom stereocenters. The molecule has 0 bridgehead atoms. The normalized spacial score (nSPS) is 19.8. The Morgan fingerprint density at radius 2 is 1.90 bits per heavy atom. The van der Waals surface area contributed by atoms with Gasteiger partial charge >= 0.3 is 5.97 Å². The molecule has 1 aliphatic rings. The smallest absolute Gasteiger partial charge is 0.358 e. The predicted octanol–water partition coefficient (Wildman–Crippen LogP) is 2.35. The van der Waals surface area contributed by atoms with Gasteiger partial charge in [0.2, 0.25) is 3.79 Å². The maximum absolute atomic E-state index is 12.4. The van der Waals surface area contributed by atoms with E-state index in [1.807, 2.05) is 0 Å². The van der Waals surface area contributed by atoms with Gasteiger partial charge in [-0.2, -0.15) is 12.6 Å². The van der Waals surface area contributed by atoms with Crippen LogP contribution in [0, 0.1) is 0 Å². The van der Waals surface area contributed by atoms with Crippen LogP contribution in [0.2, 0.25) is 0 Å². The highest BCUT2D eigenvalue weighted by molar-refractivity contribution is 7.81. The lowest BCUT2D eigenvalue weighted by Gasteiger charge is -2.44. The Bertz CT molecular complexity index is 811. The molecule has 2 N–H and O–H groups in total. The lowest BCUT2D eigenvalue weighted by atomic mass is 10.1. The Morgan fingerprint density at radius 1 is 1.28 bits per heavy atom. The number of rotatable bonds is 7. The molecule has 1 fully saturated rings. The Labute approximate surface area is 187 Å². The van der Waals surface area contributed by atoms with Crippen molar-refractivity contribution in [2.75, 3.05) is 13.2 Å². The van der Waals surface area contributed by atoms with Gasteiger partial charge in [0, 0.05) is 0 Å². The van der Waals surface area contributed by atoms with E-state index in [1.54, 1.807) is 30.3 Å². The van der Waals surface area contributed by atoms with Crippen LogP contribution < -0.4 is 10.1 Å². The van der Waals surface area contributed by atoms with Crippen LogP contribution in [0.4, 0.5) is 0 Å². The molecule has 2 amide bonds. The number of hydrogen-bond acceptors (Lipinski definition) is 7. The fourth-order valence-corrected chi connectivity index (χ4v) is 2.97. The molecule has 1 heterocycles. The summed E-state index contributed by atoms with van der Waals surface area (Å²) in [6, 6.07) is 7.62. The number of allylic oxidation sites excluding steroid dienone is 1. The number of carbonyl (C=O) groups is 3. The number of nitrogens with one attached hydrogen (secondary N) is 1. The lowest BCUT2D eigenvalue weighted by molar-refractivity contribution is -0.153. The van der Waals surface area contributed by atoms with Crippen molar-refractivity contribution in [1.29, 1.82) is 0 Å². The van der Waals surface area contributed by atoms with Crippen LogP contribution in [0.25, 0.3) is 0 Å². The number of alkyl halides is 3. The summed E-state index contributed by atoms with van der Waals surface area (Å²) < 4.78 is 8.24. The summed E-state index contributed by atoms with van der Waals surface area (Å²) in [5.74, 6) is -2.32. The average molecular weight is 484 g/mol. The van der Waals surface area contributed by atoms with Gasteiger partial charge in [-0.05, 0) is 19.1 Å². The summed E-state index contributed by atoms with van der Waals surface area (Å²) in [6.07, 6.45) is 0. The van der Waals surface area contributed by atoms with Crippen molar-refractivity contribution in [3.8, 4) is 5.75 Å². The second kappa shape index (κ2) is 9.80. The van der Waals surface area contributed by atoms with E-state index in [9.17, 15) is 19.5 Å². The number of nitrogens with zero attached hydrogens (tertiary/aromatic N) is 1. The zero-order valence-corrected chi connectivity index (χ0v) is 18.1. The number of carbonyl (C=O) groups excluding carboxylic acids is 3. The standard InChI is InChI=1S/C17H17Cl3N2O6S/c1-9(23)13(16(26)28-8-17(18,19)20)22-14(25)12(15(22)29)21-11(24)7-27-10-5-3-2-4-6-10/h2-6,12,15,23,29H,7-8H2,1H3,(H,21,24)/b13-9-. The summed E-state index contributed by atoms with van der Waals surface area (Å²) in [7, 11) is 0. The summed E-state index contributed by atoms with van der Waals surface area (Å²) in [5, 5.41) is 11.3. The zero-order valence-electron chi connectivity index (χ0n) is 15.0. The van der Waals surface area contributed by atoms with Crippen LogP contribution in [0.3, 0.4) is 0 Å². The zero-order chi connectivity index (χ0) is 21.8. The van der Waals surface area contributed by atoms with Crippen LogP contribution in [-0.2, 0) is 19.1 Å². The van der Waals surface area contributed by atoms with Crippen LogP contribution in [0.5, 0.6) is 5.75 Å². The lowest BCUT2D eigenvalue weighted by Crippen LogP contribution is -2.69. The van der Waals surface area contributed by atoms with Gasteiger partial charge in [-0.1, -0.05) is 53.0 Å². The highest BCUT2D eigenvalue weighted by atomic mass is 35.6. The first-order valence-corrected chi connectivity index (χ1v) is 9.78. The monoisotopic (exact) mass is 482 g/mol. The van der Waals surface area contributed by atoms with Crippen molar-refractivity contribution in [3.05, 3.63) is 41.8 Å². The Balaban J connectivity index is 1.96. The number of ether oxygens (including phenoxy) is 2. The van der Waals surface area contributed by atoms with Gasteiger partial charge in [0.15, 0.2) is 12.3 Å². The number of para-hydroxylation sites is 1. The largest absolute Gasteiger partial charge is 0.510 e. The first-order chi connectivity index (χ1) is 13.5. The van der Waals surface area contributed by atoms with E-state index < -0.39 is 51.1 Å². The molecule has 1 saturated heterocycles. The van der Waals surface area contributed by atoms with E-state index in [0.29, 0.717) is 5.75 Å². The third kappa shape index (κ3) is 6.33. The van der Waals surface area contributed by atoms with Crippen molar-refractivity contribution in [2.24, 2.45) is 0 Å². The fraction of sp³-hybridized carbons (Fsp3) is 0.353. The Kier molecular flexibility index (Phi) is 7.93. The van der Waals surface area contributed by atoms with Crippen molar-refractivity contribution < 1.29 is 29.0 Å². The first kappa shape index (κ1) is 23.5. The van der Waals surface area contributed by atoms with E-state index in [4.69, 9.17) is 44.3 Å². The Morgan fingerprint density at radius 3 is 2.41 bits per heavy atom. The molecule has 0 aromatic heterocycles. The van der Waals surface area contributed by atoms with E-state index in [-0.39, 0.29) is 6.61 Å². The number of hydrogen-bond donors (Lipinski definition) is 3. The molecule has 1 aromatic rings. The van der Waals surface area contributed by atoms with E-state index in [0.717, 1.165) is 4.90 Å². The van der Waals surface area contributed by atoms with Gasteiger partial charge in [0.25, 0.3) is 11.8 Å². The van der Waals surface area contributed by atoms with Crippen LogP contribution in [0.15, 0.2) is 41.8 Å². The number of aliphatic hydroxyl groups is 1. The quantitative estimate of drug-likeness (QED) is 0.137. The highest BCUT2D eigenvalue weighted by Crippen LogP contribution is 2.31. The number of amides is 2. The van der Waals surface area contributed by atoms with Gasteiger partial charge in [-0.25, -0.2) is 4.79 Å². The molecule has 8 nitrogen and oxygen atoms in total. The topological polar surface area (TPSA) is 105 Å². The summed E-state index contributed by atoms with van der Waals surface area (Å²) >= 11 is 20.8. The van der Waals surface area contributed by atoms with Crippen molar-refractivity contribution in [2.45, 2.75) is 22.1 Å². The minimum atomic E-state index is -1.86. The summed E-state index contributed by atoms with van der Waals surface area (Å²) in [6.45, 7) is 0.268. The fourth-order valence-electron chi connectivity index (χ4n) is 2.37. The maximum Gasteiger partial charge on any atom is 0.358 e. The summed E-state index contributed by atoms with van der Waals surface area (Å²) in [4.78, 5) is 37.5. The number of likely N-dealkylation sites (tertiary alicyclic amines) is 1. The minimum absolute atomic E-state index is 0.318. The van der Waals surface area contributed by atoms with Crippen molar-refractivity contribution >= 4 is 65.2 Å². The second-order valence-corrected chi connectivity index (χ2v) is 8.94. The number of benzene rings is 1. The molecule has 2 rings (SSSR count). The average Bonchev–Trinajstić information content (AvgIpc) is 2.66. The molecule has 2 unspecified atom stereocenters. The number of β-lactam (4-membered cyclic amide) rings is 1. The van der Waals surface area contributed by atoms with Gasteiger partial charge < -0.3 is 19.9 Å². The molecule has 1 aromatic carbocycles. The first-order valence-electron chi connectivity index (χ1n) is 8.13. The van der Waals surface area contributed by atoms with Crippen LogP contribution in [0.1, 0.15) is 6.92 Å². The molecule has 1 aliphatic heterocycles. The molecular formula is C17H17Cl3N2O6S. The molecule has 0 aliphatic carbocycles. The SMILES string of the molecule is C/C(O)=C(\C(=O)OCC(Cl)(Cl)Cl)N1C(=O)C(NC(=O)COc2ccccc2)C1S. The predicted molar refractivity (Wildman–Crippen MR) is 110 cm³/mol. The molecule has 29 heavy (non-hydrogen) atoms. The number of aliphatic hydroxyl groups excluding tert-OH is 1. The van der Waals surface area contributed by atoms with E-state index >= 15 is 0 Å².